The molecule has 2 heterocycles. The molecule has 0 aliphatic rings. The summed E-state index contributed by atoms with van der Waals surface area (Å²) in [6.45, 7) is 12.0. The Morgan fingerprint density at radius 1 is 1.25 bits per heavy atom. The normalized spacial score (nSPS) is 11.4. The van der Waals surface area contributed by atoms with Gasteiger partial charge in [-0.15, -0.1) is 0 Å². The Morgan fingerprint density at radius 2 is 2.05 bits per heavy atom. The average Bonchev–Trinajstić information content (AvgIpc) is 2.99. The second-order valence-electron chi connectivity index (χ2n) is 5.43. The van der Waals surface area contributed by atoms with Crippen molar-refractivity contribution < 1.29 is 0 Å². The van der Waals surface area contributed by atoms with E-state index < -0.39 is 0 Å². The van der Waals surface area contributed by atoms with Gasteiger partial charge in [-0.1, -0.05) is 13.8 Å². The monoisotopic (exact) mass is 276 g/mol. The SMILES string of the molecule is CCn1ncnc1Cn1ncc(CNCC(C)C)c1C. The van der Waals surface area contributed by atoms with Crippen molar-refractivity contribution in [2.24, 2.45) is 5.92 Å². The average molecular weight is 276 g/mol. The van der Waals surface area contributed by atoms with Crippen molar-refractivity contribution in [2.45, 2.75) is 47.3 Å². The number of nitrogens with one attached hydrogen (secondary N) is 1. The van der Waals surface area contributed by atoms with Crippen molar-refractivity contribution in [1.29, 1.82) is 0 Å². The summed E-state index contributed by atoms with van der Waals surface area (Å²) in [5, 5.41) is 12.1. The van der Waals surface area contributed by atoms with Gasteiger partial charge < -0.3 is 5.32 Å². The number of nitrogens with zero attached hydrogens (tertiary/aromatic N) is 5. The summed E-state index contributed by atoms with van der Waals surface area (Å²) in [6.07, 6.45) is 3.54. The molecular formula is C14H24N6. The first-order valence-corrected chi connectivity index (χ1v) is 7.20. The van der Waals surface area contributed by atoms with Crippen molar-refractivity contribution in [3.8, 4) is 0 Å². The number of hydrogen-bond donors (Lipinski definition) is 1. The lowest BCUT2D eigenvalue weighted by atomic mass is 10.2. The van der Waals surface area contributed by atoms with Crippen LogP contribution in [0.5, 0.6) is 0 Å². The highest BCUT2D eigenvalue weighted by molar-refractivity contribution is 5.16. The van der Waals surface area contributed by atoms with Crippen LogP contribution in [-0.2, 0) is 19.6 Å². The molecule has 0 spiro atoms. The van der Waals surface area contributed by atoms with Crippen molar-refractivity contribution >= 4 is 0 Å². The van der Waals surface area contributed by atoms with Gasteiger partial charge in [0.05, 0.1) is 6.20 Å². The van der Waals surface area contributed by atoms with Gasteiger partial charge >= 0.3 is 0 Å². The number of hydrogen-bond acceptors (Lipinski definition) is 4. The lowest BCUT2D eigenvalue weighted by molar-refractivity contribution is 0.547. The van der Waals surface area contributed by atoms with Crippen LogP contribution in [-0.4, -0.2) is 31.1 Å². The van der Waals surface area contributed by atoms with Crippen molar-refractivity contribution in [2.75, 3.05) is 6.54 Å². The number of rotatable bonds is 7. The molecule has 2 aromatic rings. The van der Waals surface area contributed by atoms with Gasteiger partial charge in [-0.25, -0.2) is 9.67 Å². The van der Waals surface area contributed by atoms with E-state index >= 15 is 0 Å². The van der Waals surface area contributed by atoms with E-state index in [1.54, 1.807) is 6.33 Å². The molecule has 0 unspecified atom stereocenters. The molecule has 0 saturated heterocycles. The third-order valence-corrected chi connectivity index (χ3v) is 3.36. The summed E-state index contributed by atoms with van der Waals surface area (Å²) in [7, 11) is 0. The van der Waals surface area contributed by atoms with Crippen LogP contribution in [0, 0.1) is 12.8 Å². The molecule has 1 N–H and O–H groups in total. The smallest absolute Gasteiger partial charge is 0.148 e. The number of aryl methyl sites for hydroxylation is 1. The molecule has 20 heavy (non-hydrogen) atoms. The Bertz CT molecular complexity index is 540. The fraction of sp³-hybridized carbons (Fsp3) is 0.643. The van der Waals surface area contributed by atoms with Crippen molar-refractivity contribution in [3.05, 3.63) is 29.6 Å². The summed E-state index contributed by atoms with van der Waals surface area (Å²) in [5.74, 6) is 1.61. The Labute approximate surface area is 120 Å². The summed E-state index contributed by atoms with van der Waals surface area (Å²) in [6, 6.07) is 0. The van der Waals surface area contributed by atoms with Crippen LogP contribution >= 0.6 is 0 Å². The van der Waals surface area contributed by atoms with E-state index in [1.807, 2.05) is 15.6 Å². The van der Waals surface area contributed by atoms with E-state index in [0.717, 1.165) is 25.5 Å². The standard InChI is InChI=1S/C14H24N6/c1-5-19-14(16-10-18-19)9-20-12(4)13(8-17-20)7-15-6-11(2)3/h8,10-11,15H,5-7,9H2,1-4H3. The molecule has 6 heteroatoms. The summed E-state index contributed by atoms with van der Waals surface area (Å²) in [4.78, 5) is 4.29. The van der Waals surface area contributed by atoms with E-state index in [9.17, 15) is 0 Å². The minimum absolute atomic E-state index is 0.661. The van der Waals surface area contributed by atoms with Crippen LogP contribution in [0.4, 0.5) is 0 Å². The molecule has 0 fully saturated rings. The van der Waals surface area contributed by atoms with Gasteiger partial charge in [-0.3, -0.25) is 4.68 Å². The van der Waals surface area contributed by atoms with Crippen LogP contribution < -0.4 is 5.32 Å². The van der Waals surface area contributed by atoms with Gasteiger partial charge in [0.25, 0.3) is 0 Å². The molecule has 0 amide bonds. The Morgan fingerprint density at radius 3 is 2.75 bits per heavy atom. The van der Waals surface area contributed by atoms with Crippen LogP contribution in [0.2, 0.25) is 0 Å². The minimum Gasteiger partial charge on any atom is -0.312 e. The van der Waals surface area contributed by atoms with Gasteiger partial charge in [0.2, 0.25) is 0 Å². The highest BCUT2D eigenvalue weighted by atomic mass is 15.4. The maximum Gasteiger partial charge on any atom is 0.148 e. The second kappa shape index (κ2) is 6.65. The molecular weight excluding hydrogens is 252 g/mol. The van der Waals surface area contributed by atoms with Crippen LogP contribution in [0.1, 0.15) is 37.9 Å². The predicted molar refractivity (Wildman–Crippen MR) is 78.3 cm³/mol. The Balaban J connectivity index is 2.01. The zero-order valence-corrected chi connectivity index (χ0v) is 12.8. The highest BCUT2D eigenvalue weighted by Gasteiger charge is 2.10. The summed E-state index contributed by atoms with van der Waals surface area (Å²) < 4.78 is 3.89. The maximum atomic E-state index is 4.46. The van der Waals surface area contributed by atoms with Crippen LogP contribution in [0.25, 0.3) is 0 Å². The molecule has 0 bridgehead atoms. The van der Waals surface area contributed by atoms with Crippen LogP contribution in [0.3, 0.4) is 0 Å². The largest absolute Gasteiger partial charge is 0.312 e. The zero-order chi connectivity index (χ0) is 14.5. The minimum atomic E-state index is 0.661. The van der Waals surface area contributed by atoms with E-state index in [2.05, 4.69) is 48.2 Å². The van der Waals surface area contributed by atoms with Crippen molar-refractivity contribution in [3.63, 3.8) is 0 Å². The highest BCUT2D eigenvalue weighted by Crippen LogP contribution is 2.09. The van der Waals surface area contributed by atoms with Gasteiger partial charge in [0.15, 0.2) is 0 Å². The first-order valence-electron chi connectivity index (χ1n) is 7.20. The molecule has 0 saturated carbocycles. The fourth-order valence-corrected chi connectivity index (χ4v) is 2.12. The Hall–Kier alpha value is -1.69. The Kier molecular flexibility index (Phi) is 4.89. The zero-order valence-electron chi connectivity index (χ0n) is 12.8. The molecule has 0 atom stereocenters. The van der Waals surface area contributed by atoms with E-state index in [4.69, 9.17) is 0 Å². The number of aromatic nitrogens is 5. The molecule has 0 aliphatic carbocycles. The maximum absolute atomic E-state index is 4.46. The van der Waals surface area contributed by atoms with Gasteiger partial charge in [0.1, 0.15) is 18.7 Å². The molecule has 2 aromatic heterocycles. The van der Waals surface area contributed by atoms with Crippen molar-refractivity contribution in [1.82, 2.24) is 29.9 Å². The molecule has 6 nitrogen and oxygen atoms in total. The quantitative estimate of drug-likeness (QED) is 0.834. The molecule has 0 aliphatic heterocycles. The third-order valence-electron chi connectivity index (χ3n) is 3.36. The first kappa shape index (κ1) is 14.7. The van der Waals surface area contributed by atoms with E-state index in [0.29, 0.717) is 12.5 Å². The summed E-state index contributed by atoms with van der Waals surface area (Å²) in [5.41, 5.74) is 2.43. The second-order valence-corrected chi connectivity index (χ2v) is 5.43. The molecule has 2 rings (SSSR count). The summed E-state index contributed by atoms with van der Waals surface area (Å²) >= 11 is 0. The lowest BCUT2D eigenvalue weighted by Gasteiger charge is -2.08. The lowest BCUT2D eigenvalue weighted by Crippen LogP contribution is -2.19. The third kappa shape index (κ3) is 3.45. The fourth-order valence-electron chi connectivity index (χ4n) is 2.12. The van der Waals surface area contributed by atoms with Crippen LogP contribution in [0.15, 0.2) is 12.5 Å². The molecule has 0 radical (unpaired) electrons. The van der Waals surface area contributed by atoms with Gasteiger partial charge in [-0.2, -0.15) is 10.2 Å². The molecule has 110 valence electrons. The molecule has 0 aromatic carbocycles. The topological polar surface area (TPSA) is 60.6 Å². The predicted octanol–water partition coefficient (Wildman–Crippen LogP) is 1.60. The van der Waals surface area contributed by atoms with E-state index in [-0.39, 0.29) is 0 Å². The van der Waals surface area contributed by atoms with Gasteiger partial charge in [0, 0.05) is 24.3 Å². The van der Waals surface area contributed by atoms with Gasteiger partial charge in [-0.05, 0) is 26.3 Å². The van der Waals surface area contributed by atoms with E-state index in [1.165, 1.54) is 11.3 Å². The first-order chi connectivity index (χ1) is 9.61.